The molecule has 0 spiro atoms. The second-order valence-electron chi connectivity index (χ2n) is 1.48. The van der Waals surface area contributed by atoms with Gasteiger partial charge in [-0.1, -0.05) is 6.92 Å². The van der Waals surface area contributed by atoms with Crippen LogP contribution in [0.5, 0.6) is 0 Å². The molecule has 0 aromatic carbocycles. The molecule has 0 aliphatic heterocycles. The molecule has 0 heterocycles. The highest BCUT2D eigenvalue weighted by Gasteiger charge is 1.98. The first-order valence-electron chi connectivity index (χ1n) is 2.00. The third kappa shape index (κ3) is 2.54. The van der Waals surface area contributed by atoms with Gasteiger partial charge in [-0.25, -0.2) is 0 Å². The van der Waals surface area contributed by atoms with E-state index in [9.17, 15) is 0 Å². The van der Waals surface area contributed by atoms with Crippen LogP contribution in [0.1, 0.15) is 13.8 Å². The van der Waals surface area contributed by atoms with Gasteiger partial charge in [-0.2, -0.15) is 12.6 Å². The molecule has 0 fully saturated rings. The molecule has 0 aliphatic carbocycles. The lowest BCUT2D eigenvalue weighted by Crippen LogP contribution is -2.11. The molecular weight excluding hydrogens is 96.1 g/mol. The van der Waals surface area contributed by atoms with E-state index in [1.54, 1.807) is 6.92 Å². The van der Waals surface area contributed by atoms with Gasteiger partial charge in [0.2, 0.25) is 0 Å². The van der Waals surface area contributed by atoms with Crippen molar-refractivity contribution in [3.8, 4) is 0 Å². The first-order chi connectivity index (χ1) is 2.64. The molecule has 0 aromatic rings. The van der Waals surface area contributed by atoms with E-state index in [0.29, 0.717) is 0 Å². The van der Waals surface area contributed by atoms with E-state index in [1.165, 1.54) is 0 Å². The summed E-state index contributed by atoms with van der Waals surface area (Å²) in [5.74, 6) is 0. The van der Waals surface area contributed by atoms with Crippen LogP contribution in [0.15, 0.2) is 0 Å². The van der Waals surface area contributed by atoms with E-state index >= 15 is 0 Å². The first-order valence-corrected chi connectivity index (χ1v) is 2.52. The highest BCUT2D eigenvalue weighted by Crippen LogP contribution is 1.96. The number of aliphatic hydroxyl groups excluding tert-OH is 1. The van der Waals surface area contributed by atoms with E-state index in [-0.39, 0.29) is 11.4 Å². The minimum Gasteiger partial charge on any atom is -0.392 e. The quantitative estimate of drug-likeness (QED) is 0.471. The van der Waals surface area contributed by atoms with E-state index in [0.717, 1.165) is 0 Å². The number of hydrogen-bond donors (Lipinski definition) is 2. The van der Waals surface area contributed by atoms with Gasteiger partial charge in [0.15, 0.2) is 0 Å². The Hall–Kier alpha value is 0.310. The molecule has 1 N–H and O–H groups in total. The van der Waals surface area contributed by atoms with Gasteiger partial charge >= 0.3 is 0 Å². The third-order valence-corrected chi connectivity index (χ3v) is 1.13. The van der Waals surface area contributed by atoms with E-state index in [4.69, 9.17) is 5.11 Å². The Labute approximate surface area is 43.8 Å². The largest absolute Gasteiger partial charge is 0.392 e. The summed E-state index contributed by atoms with van der Waals surface area (Å²) in [6, 6.07) is 0. The van der Waals surface area contributed by atoms with Crippen LogP contribution in [0.4, 0.5) is 0 Å². The Balaban J connectivity index is 2.99. The summed E-state index contributed by atoms with van der Waals surface area (Å²) in [4.78, 5) is 0. The van der Waals surface area contributed by atoms with Crippen molar-refractivity contribution in [2.45, 2.75) is 25.2 Å². The maximum Gasteiger partial charge on any atom is 0.0625 e. The van der Waals surface area contributed by atoms with Crippen LogP contribution >= 0.6 is 12.6 Å². The normalized spacial score (nSPS) is 20.0. The second-order valence-corrected chi connectivity index (χ2v) is 2.30. The standard InChI is InChI=1S/C4H10OS/c1-3(5)4(2)6/h3-6H,1-2H3/t3-,4?/m1/s1. The van der Waals surface area contributed by atoms with Gasteiger partial charge in [0.1, 0.15) is 0 Å². The van der Waals surface area contributed by atoms with Crippen molar-refractivity contribution in [2.24, 2.45) is 0 Å². The van der Waals surface area contributed by atoms with E-state index in [2.05, 4.69) is 12.6 Å². The fourth-order valence-electron chi connectivity index (χ4n) is 0. The summed E-state index contributed by atoms with van der Waals surface area (Å²) >= 11 is 3.94. The van der Waals surface area contributed by atoms with Gasteiger partial charge in [0, 0.05) is 5.25 Å². The fraction of sp³-hybridized carbons (Fsp3) is 1.00. The predicted molar refractivity (Wildman–Crippen MR) is 30.1 cm³/mol. The Bertz CT molecular complexity index is 28.5. The van der Waals surface area contributed by atoms with E-state index < -0.39 is 0 Å². The minimum absolute atomic E-state index is 0.102. The third-order valence-electron chi connectivity index (χ3n) is 0.698. The number of thiol groups is 1. The van der Waals surface area contributed by atoms with Crippen molar-refractivity contribution in [2.75, 3.05) is 0 Å². The van der Waals surface area contributed by atoms with Crippen LogP contribution in [0.25, 0.3) is 0 Å². The topological polar surface area (TPSA) is 20.2 Å². The van der Waals surface area contributed by atoms with Gasteiger partial charge in [0.05, 0.1) is 6.10 Å². The summed E-state index contributed by atoms with van der Waals surface area (Å²) in [5.41, 5.74) is 0. The van der Waals surface area contributed by atoms with Gasteiger partial charge in [0.25, 0.3) is 0 Å². The monoisotopic (exact) mass is 106 g/mol. The maximum atomic E-state index is 8.55. The summed E-state index contributed by atoms with van der Waals surface area (Å²) in [6.07, 6.45) is -0.284. The summed E-state index contributed by atoms with van der Waals surface area (Å²) < 4.78 is 0. The number of hydrogen-bond acceptors (Lipinski definition) is 2. The van der Waals surface area contributed by atoms with Gasteiger partial charge in [-0.05, 0) is 6.92 Å². The van der Waals surface area contributed by atoms with Crippen molar-refractivity contribution in [1.82, 2.24) is 0 Å². The Morgan fingerprint density at radius 1 is 1.50 bits per heavy atom. The van der Waals surface area contributed by atoms with Crippen LogP contribution in [0, 0.1) is 0 Å². The SMILES string of the molecule is CC(S)[C@@H](C)O. The van der Waals surface area contributed by atoms with Gasteiger partial charge in [-0.3, -0.25) is 0 Å². The Kier molecular flexibility index (Phi) is 2.61. The van der Waals surface area contributed by atoms with Crippen molar-refractivity contribution < 1.29 is 5.11 Å². The molecule has 0 aromatic heterocycles. The molecule has 0 rings (SSSR count). The lowest BCUT2D eigenvalue weighted by Gasteiger charge is -2.03. The summed E-state index contributed by atoms with van der Waals surface area (Å²) in [5, 5.41) is 8.66. The lowest BCUT2D eigenvalue weighted by atomic mass is 10.3. The van der Waals surface area contributed by atoms with Gasteiger partial charge in [-0.15, -0.1) is 0 Å². The van der Waals surface area contributed by atoms with Crippen molar-refractivity contribution in [3.63, 3.8) is 0 Å². The smallest absolute Gasteiger partial charge is 0.0625 e. The van der Waals surface area contributed by atoms with Crippen LogP contribution in [-0.4, -0.2) is 16.5 Å². The molecular formula is C4H10OS. The Morgan fingerprint density at radius 3 is 1.67 bits per heavy atom. The highest BCUT2D eigenvalue weighted by molar-refractivity contribution is 7.81. The molecule has 1 unspecified atom stereocenters. The maximum absolute atomic E-state index is 8.55. The molecule has 0 saturated carbocycles. The van der Waals surface area contributed by atoms with E-state index in [1.807, 2.05) is 6.92 Å². The molecule has 0 aliphatic rings. The zero-order valence-electron chi connectivity index (χ0n) is 4.05. The average Bonchev–Trinajstić information content (AvgIpc) is 1.36. The lowest BCUT2D eigenvalue weighted by molar-refractivity contribution is 0.197. The zero-order chi connectivity index (χ0) is 5.15. The molecule has 38 valence electrons. The molecule has 0 radical (unpaired) electrons. The minimum atomic E-state index is -0.284. The number of rotatable bonds is 1. The van der Waals surface area contributed by atoms with Crippen molar-refractivity contribution in [3.05, 3.63) is 0 Å². The average molecular weight is 106 g/mol. The zero-order valence-corrected chi connectivity index (χ0v) is 4.94. The Morgan fingerprint density at radius 2 is 1.67 bits per heavy atom. The molecule has 2 atom stereocenters. The molecule has 2 heteroatoms. The second kappa shape index (κ2) is 2.48. The molecule has 0 bridgehead atoms. The van der Waals surface area contributed by atoms with Crippen molar-refractivity contribution >= 4 is 12.6 Å². The predicted octanol–water partition coefficient (Wildman–Crippen LogP) is 0.685. The number of aliphatic hydroxyl groups is 1. The molecule has 0 amide bonds. The molecule has 1 nitrogen and oxygen atoms in total. The highest BCUT2D eigenvalue weighted by atomic mass is 32.1. The summed E-state index contributed by atoms with van der Waals surface area (Å²) in [7, 11) is 0. The molecule has 0 saturated heterocycles. The summed E-state index contributed by atoms with van der Waals surface area (Å²) in [6.45, 7) is 3.57. The van der Waals surface area contributed by atoms with Crippen molar-refractivity contribution in [1.29, 1.82) is 0 Å². The van der Waals surface area contributed by atoms with Crippen LogP contribution < -0.4 is 0 Å². The van der Waals surface area contributed by atoms with Crippen LogP contribution in [0.2, 0.25) is 0 Å². The first kappa shape index (κ1) is 6.31. The van der Waals surface area contributed by atoms with Gasteiger partial charge < -0.3 is 5.11 Å². The van der Waals surface area contributed by atoms with Crippen LogP contribution in [-0.2, 0) is 0 Å². The fourth-order valence-corrected chi connectivity index (χ4v) is 0. The van der Waals surface area contributed by atoms with Crippen LogP contribution in [0.3, 0.4) is 0 Å². The molecule has 6 heavy (non-hydrogen) atoms.